The molecule has 0 unspecified atom stereocenters. The minimum absolute atomic E-state index is 0.203. The molecule has 0 bridgehead atoms. The summed E-state index contributed by atoms with van der Waals surface area (Å²) in [5.74, 6) is 0.837. The molecular formula is C20H15Br2NO4. The van der Waals surface area contributed by atoms with Crippen molar-refractivity contribution >= 4 is 49.8 Å². The monoisotopic (exact) mass is 491 g/mol. The SMILES string of the molecule is C=CCOc1c(Br)cc(/C=C2\N=C(c3ccccc3Br)OC2=O)cc1OC. The van der Waals surface area contributed by atoms with Gasteiger partial charge in [-0.1, -0.05) is 24.8 Å². The van der Waals surface area contributed by atoms with Gasteiger partial charge in [0.15, 0.2) is 17.2 Å². The Balaban J connectivity index is 1.96. The van der Waals surface area contributed by atoms with Gasteiger partial charge in [-0.2, -0.15) is 0 Å². The van der Waals surface area contributed by atoms with Crippen molar-refractivity contribution in [3.05, 3.63) is 74.8 Å². The molecule has 7 heteroatoms. The Bertz CT molecular complexity index is 966. The molecule has 1 heterocycles. The van der Waals surface area contributed by atoms with Crippen LogP contribution in [0.1, 0.15) is 11.1 Å². The van der Waals surface area contributed by atoms with Crippen LogP contribution in [0, 0.1) is 0 Å². The van der Waals surface area contributed by atoms with Gasteiger partial charge in [0.1, 0.15) is 6.61 Å². The number of hydrogen-bond acceptors (Lipinski definition) is 5. The number of carbonyl (C=O) groups excluding carboxylic acids is 1. The highest BCUT2D eigenvalue weighted by atomic mass is 79.9. The molecule has 0 amide bonds. The molecule has 0 N–H and O–H groups in total. The molecule has 138 valence electrons. The molecule has 0 spiro atoms. The fraction of sp³-hybridized carbons (Fsp3) is 0.100. The highest BCUT2D eigenvalue weighted by molar-refractivity contribution is 9.10. The predicted octanol–water partition coefficient (Wildman–Crippen LogP) is 5.13. The van der Waals surface area contributed by atoms with E-state index in [-0.39, 0.29) is 11.6 Å². The fourth-order valence-corrected chi connectivity index (χ4v) is 3.45. The first kappa shape index (κ1) is 19.4. The molecular weight excluding hydrogens is 478 g/mol. The first-order valence-electron chi connectivity index (χ1n) is 7.92. The van der Waals surface area contributed by atoms with Gasteiger partial charge in [-0.15, -0.1) is 0 Å². The smallest absolute Gasteiger partial charge is 0.363 e. The largest absolute Gasteiger partial charge is 0.493 e. The zero-order valence-electron chi connectivity index (χ0n) is 14.4. The van der Waals surface area contributed by atoms with Crippen LogP contribution in [-0.4, -0.2) is 25.6 Å². The third kappa shape index (κ3) is 4.31. The van der Waals surface area contributed by atoms with Crippen molar-refractivity contribution in [1.82, 2.24) is 0 Å². The van der Waals surface area contributed by atoms with Gasteiger partial charge >= 0.3 is 5.97 Å². The van der Waals surface area contributed by atoms with Gasteiger partial charge in [-0.3, -0.25) is 0 Å². The lowest BCUT2D eigenvalue weighted by Crippen LogP contribution is -2.05. The normalized spacial score (nSPS) is 14.7. The summed E-state index contributed by atoms with van der Waals surface area (Å²) in [7, 11) is 1.55. The molecule has 1 aliphatic rings. The molecule has 0 fully saturated rings. The second-order valence-electron chi connectivity index (χ2n) is 5.45. The lowest BCUT2D eigenvalue weighted by atomic mass is 10.1. The summed E-state index contributed by atoms with van der Waals surface area (Å²) in [6, 6.07) is 11.0. The number of carbonyl (C=O) groups is 1. The molecule has 0 radical (unpaired) electrons. The third-order valence-electron chi connectivity index (χ3n) is 3.63. The molecule has 27 heavy (non-hydrogen) atoms. The van der Waals surface area contributed by atoms with Gasteiger partial charge < -0.3 is 14.2 Å². The first-order chi connectivity index (χ1) is 13.0. The maximum Gasteiger partial charge on any atom is 0.363 e. The molecule has 5 nitrogen and oxygen atoms in total. The number of aliphatic imine (C=N–C) groups is 1. The van der Waals surface area contributed by atoms with Crippen LogP contribution in [0.5, 0.6) is 11.5 Å². The Kier molecular flexibility index (Phi) is 6.13. The molecule has 0 saturated carbocycles. The summed E-state index contributed by atoms with van der Waals surface area (Å²) in [5.41, 5.74) is 1.63. The minimum atomic E-state index is -0.511. The van der Waals surface area contributed by atoms with Crippen LogP contribution in [0.2, 0.25) is 0 Å². The van der Waals surface area contributed by atoms with E-state index in [9.17, 15) is 4.79 Å². The summed E-state index contributed by atoms with van der Waals surface area (Å²) in [5, 5.41) is 0. The molecule has 0 aliphatic carbocycles. The summed E-state index contributed by atoms with van der Waals surface area (Å²) < 4.78 is 17.8. The number of esters is 1. The van der Waals surface area contributed by atoms with E-state index < -0.39 is 5.97 Å². The van der Waals surface area contributed by atoms with E-state index in [1.54, 1.807) is 25.3 Å². The van der Waals surface area contributed by atoms with E-state index >= 15 is 0 Å². The van der Waals surface area contributed by atoms with Crippen molar-refractivity contribution < 1.29 is 19.0 Å². The van der Waals surface area contributed by atoms with E-state index in [2.05, 4.69) is 43.4 Å². The summed E-state index contributed by atoms with van der Waals surface area (Å²) >= 11 is 6.90. The van der Waals surface area contributed by atoms with Gasteiger partial charge in [0, 0.05) is 4.47 Å². The number of benzene rings is 2. The molecule has 3 rings (SSSR count). The third-order valence-corrected chi connectivity index (χ3v) is 4.91. The molecule has 0 saturated heterocycles. The summed E-state index contributed by atoms with van der Waals surface area (Å²) in [6.07, 6.45) is 3.28. The number of hydrogen-bond donors (Lipinski definition) is 0. The molecule has 2 aromatic rings. The van der Waals surface area contributed by atoms with Crippen molar-refractivity contribution in [3.8, 4) is 11.5 Å². The molecule has 1 aliphatic heterocycles. The van der Waals surface area contributed by atoms with Crippen LogP contribution in [0.15, 0.2) is 68.7 Å². The number of nitrogens with zero attached hydrogens (tertiary/aromatic N) is 1. The second-order valence-corrected chi connectivity index (χ2v) is 7.16. The van der Waals surface area contributed by atoms with Crippen molar-refractivity contribution in [2.75, 3.05) is 13.7 Å². The van der Waals surface area contributed by atoms with Gasteiger partial charge in [0.05, 0.1) is 17.1 Å². The van der Waals surface area contributed by atoms with Crippen LogP contribution >= 0.6 is 31.9 Å². The summed E-state index contributed by atoms with van der Waals surface area (Å²) in [4.78, 5) is 16.6. The van der Waals surface area contributed by atoms with Crippen LogP contribution in [0.3, 0.4) is 0 Å². The van der Waals surface area contributed by atoms with E-state index in [1.165, 1.54) is 0 Å². The fourth-order valence-electron chi connectivity index (χ4n) is 2.42. The van der Waals surface area contributed by atoms with Crippen molar-refractivity contribution in [3.63, 3.8) is 0 Å². The molecule has 0 aromatic heterocycles. The van der Waals surface area contributed by atoms with Crippen molar-refractivity contribution in [2.24, 2.45) is 4.99 Å². The van der Waals surface area contributed by atoms with Gasteiger partial charge in [0.2, 0.25) is 5.90 Å². The number of cyclic esters (lactones) is 1. The van der Waals surface area contributed by atoms with Crippen LogP contribution in [0.4, 0.5) is 0 Å². The van der Waals surface area contributed by atoms with E-state index in [4.69, 9.17) is 14.2 Å². The average molecular weight is 493 g/mol. The Hall–Kier alpha value is -2.38. The van der Waals surface area contributed by atoms with E-state index in [0.29, 0.717) is 33.7 Å². The number of ether oxygens (including phenoxy) is 3. The highest BCUT2D eigenvalue weighted by Gasteiger charge is 2.25. The van der Waals surface area contributed by atoms with Crippen molar-refractivity contribution in [2.45, 2.75) is 0 Å². The minimum Gasteiger partial charge on any atom is -0.493 e. The molecule has 2 aromatic carbocycles. The Morgan fingerprint density at radius 2 is 2.00 bits per heavy atom. The lowest BCUT2D eigenvalue weighted by molar-refractivity contribution is -0.129. The standard InChI is InChI=1S/C20H15Br2NO4/c1-3-8-26-18-15(22)9-12(11-17(18)25-2)10-16-20(24)27-19(23-16)13-6-4-5-7-14(13)21/h3-7,9-11H,1,8H2,2H3/b16-10-. The Morgan fingerprint density at radius 1 is 1.22 bits per heavy atom. The maximum absolute atomic E-state index is 12.2. The average Bonchev–Trinajstić information content (AvgIpc) is 3.01. The van der Waals surface area contributed by atoms with Gasteiger partial charge in [-0.25, -0.2) is 9.79 Å². The van der Waals surface area contributed by atoms with Crippen LogP contribution in [0.25, 0.3) is 6.08 Å². The van der Waals surface area contributed by atoms with Gasteiger partial charge in [0.25, 0.3) is 0 Å². The second kappa shape index (κ2) is 8.54. The zero-order valence-corrected chi connectivity index (χ0v) is 17.5. The Labute approximate surface area is 173 Å². The number of rotatable bonds is 6. The van der Waals surface area contributed by atoms with E-state index in [1.807, 2.05) is 30.3 Å². The topological polar surface area (TPSA) is 57.1 Å². The maximum atomic E-state index is 12.2. The zero-order chi connectivity index (χ0) is 19.4. The van der Waals surface area contributed by atoms with Crippen molar-refractivity contribution in [1.29, 1.82) is 0 Å². The summed E-state index contributed by atoms with van der Waals surface area (Å²) in [6.45, 7) is 3.98. The number of methoxy groups -OCH3 is 1. The lowest BCUT2D eigenvalue weighted by Gasteiger charge is -2.12. The van der Waals surface area contributed by atoms with Crippen LogP contribution in [-0.2, 0) is 9.53 Å². The number of halogens is 2. The first-order valence-corrected chi connectivity index (χ1v) is 9.50. The quantitative estimate of drug-likeness (QED) is 0.318. The predicted molar refractivity (Wildman–Crippen MR) is 111 cm³/mol. The van der Waals surface area contributed by atoms with E-state index in [0.717, 1.165) is 4.47 Å². The highest BCUT2D eigenvalue weighted by Crippen LogP contribution is 2.37. The molecule has 0 atom stereocenters. The Morgan fingerprint density at radius 3 is 2.70 bits per heavy atom. The van der Waals surface area contributed by atoms with Crippen LogP contribution < -0.4 is 9.47 Å². The van der Waals surface area contributed by atoms with Gasteiger partial charge in [-0.05, 0) is 67.8 Å².